The van der Waals surface area contributed by atoms with Gasteiger partial charge in [0.1, 0.15) is 5.58 Å². The van der Waals surface area contributed by atoms with Crippen LogP contribution in [0.3, 0.4) is 0 Å². The number of anilines is 2. The number of carbonyl (C=O) groups excluding carboxylic acids is 2. The van der Waals surface area contributed by atoms with E-state index >= 15 is 0 Å². The van der Waals surface area contributed by atoms with E-state index in [2.05, 4.69) is 10.3 Å². The van der Waals surface area contributed by atoms with Gasteiger partial charge in [0, 0.05) is 32.9 Å². The van der Waals surface area contributed by atoms with Crippen LogP contribution in [0.15, 0.2) is 88.5 Å². The summed E-state index contributed by atoms with van der Waals surface area (Å²) >= 11 is 1.50. The number of thioether (sulfide) groups is 1. The second-order valence-corrected chi connectivity index (χ2v) is 8.96. The van der Waals surface area contributed by atoms with E-state index < -0.39 is 0 Å². The molecule has 0 radical (unpaired) electrons. The summed E-state index contributed by atoms with van der Waals surface area (Å²) in [6.07, 6.45) is 3.45. The molecule has 1 aliphatic heterocycles. The quantitative estimate of drug-likeness (QED) is 0.360. The van der Waals surface area contributed by atoms with Crippen molar-refractivity contribution in [3.05, 3.63) is 90.3 Å². The van der Waals surface area contributed by atoms with Crippen molar-refractivity contribution in [2.75, 3.05) is 16.0 Å². The summed E-state index contributed by atoms with van der Waals surface area (Å²) in [5, 5.41) is 4.94. The molecule has 3 aromatic carbocycles. The average molecular weight is 454 g/mol. The van der Waals surface area contributed by atoms with Gasteiger partial charge in [-0.2, -0.15) is 0 Å². The van der Waals surface area contributed by atoms with Crippen molar-refractivity contribution >= 4 is 56.8 Å². The van der Waals surface area contributed by atoms with E-state index in [1.54, 1.807) is 23.4 Å². The Morgan fingerprint density at radius 2 is 2.00 bits per heavy atom. The Labute approximate surface area is 193 Å². The highest BCUT2D eigenvalue weighted by Gasteiger charge is 2.26. The lowest BCUT2D eigenvalue weighted by molar-refractivity contribution is -0.116. The number of nitrogens with one attached hydrogen (secondary N) is 2. The normalized spacial score (nSPS) is 13.5. The Hall–Kier alpha value is -3.97. The third kappa shape index (κ3) is 3.56. The number of furan rings is 1. The molecule has 5 aromatic rings. The van der Waals surface area contributed by atoms with Gasteiger partial charge in [-0.05, 0) is 48.0 Å². The maximum atomic E-state index is 13.1. The Morgan fingerprint density at radius 1 is 1.09 bits per heavy atom. The number of nitrogens with zero attached hydrogens (tertiary/aromatic N) is 1. The molecule has 6 nitrogen and oxygen atoms in total. The lowest BCUT2D eigenvalue weighted by atomic mass is 10.1. The SMILES string of the molecule is O=C(Nc1c[nH]c2ccccc12)c1ccc2c(c1)N(Cc1ccc3occc3c1)C(=O)CS2. The van der Waals surface area contributed by atoms with Crippen LogP contribution in [-0.4, -0.2) is 22.6 Å². The summed E-state index contributed by atoms with van der Waals surface area (Å²) in [6.45, 7) is 0.432. The molecule has 162 valence electrons. The molecule has 1 aliphatic rings. The summed E-state index contributed by atoms with van der Waals surface area (Å²) in [5.74, 6) is 0.182. The summed E-state index contributed by atoms with van der Waals surface area (Å²) in [7, 11) is 0. The first-order valence-corrected chi connectivity index (χ1v) is 11.5. The van der Waals surface area contributed by atoms with Crippen molar-refractivity contribution in [1.29, 1.82) is 0 Å². The standard InChI is InChI=1S/C26H19N3O3S/c30-25-15-33-24-8-6-18(26(31)28-21-13-27-20-4-2-1-3-19(20)21)12-22(24)29(25)14-16-5-7-23-17(11-16)9-10-32-23/h1-13,27H,14-15H2,(H,28,31). The number of H-pyrrole nitrogens is 1. The molecule has 0 fully saturated rings. The van der Waals surface area contributed by atoms with Crippen molar-refractivity contribution in [3.63, 3.8) is 0 Å². The fourth-order valence-electron chi connectivity index (χ4n) is 4.18. The minimum Gasteiger partial charge on any atom is -0.464 e. The van der Waals surface area contributed by atoms with Crippen LogP contribution >= 0.6 is 11.8 Å². The van der Waals surface area contributed by atoms with Gasteiger partial charge >= 0.3 is 0 Å². The zero-order valence-electron chi connectivity index (χ0n) is 17.5. The Kier molecular flexibility index (Phi) is 4.69. The summed E-state index contributed by atoms with van der Waals surface area (Å²) in [4.78, 5) is 31.8. The first-order valence-electron chi connectivity index (χ1n) is 10.6. The van der Waals surface area contributed by atoms with Gasteiger partial charge in [-0.25, -0.2) is 0 Å². The van der Waals surface area contributed by atoms with E-state index in [0.717, 1.165) is 43.7 Å². The van der Waals surface area contributed by atoms with Crippen molar-refractivity contribution in [1.82, 2.24) is 4.98 Å². The third-order valence-electron chi connectivity index (χ3n) is 5.86. The Morgan fingerprint density at radius 3 is 2.94 bits per heavy atom. The number of fused-ring (bicyclic) bond motifs is 3. The van der Waals surface area contributed by atoms with Gasteiger partial charge in [0.25, 0.3) is 5.91 Å². The number of hydrogen-bond donors (Lipinski definition) is 2. The molecule has 0 saturated heterocycles. The van der Waals surface area contributed by atoms with E-state index in [-0.39, 0.29) is 11.8 Å². The van der Waals surface area contributed by atoms with Crippen LogP contribution in [0.25, 0.3) is 21.9 Å². The molecule has 7 heteroatoms. The molecular weight excluding hydrogens is 434 g/mol. The number of aromatic nitrogens is 1. The van der Waals surface area contributed by atoms with E-state index in [1.807, 2.05) is 60.7 Å². The molecular formula is C26H19N3O3S. The van der Waals surface area contributed by atoms with Crippen molar-refractivity contribution in [2.45, 2.75) is 11.4 Å². The maximum Gasteiger partial charge on any atom is 0.255 e. The molecule has 0 saturated carbocycles. The molecule has 0 atom stereocenters. The van der Waals surface area contributed by atoms with Gasteiger partial charge in [0.15, 0.2) is 0 Å². The molecule has 33 heavy (non-hydrogen) atoms. The first-order chi connectivity index (χ1) is 16.2. The van der Waals surface area contributed by atoms with Gasteiger partial charge in [-0.3, -0.25) is 9.59 Å². The largest absolute Gasteiger partial charge is 0.464 e. The van der Waals surface area contributed by atoms with Crippen LogP contribution in [-0.2, 0) is 11.3 Å². The monoisotopic (exact) mass is 453 g/mol. The minimum atomic E-state index is -0.217. The van der Waals surface area contributed by atoms with Gasteiger partial charge in [-0.1, -0.05) is 24.3 Å². The lowest BCUT2D eigenvalue weighted by Crippen LogP contribution is -2.35. The molecule has 0 spiro atoms. The predicted molar refractivity (Wildman–Crippen MR) is 131 cm³/mol. The van der Waals surface area contributed by atoms with E-state index in [1.165, 1.54) is 11.8 Å². The number of aromatic amines is 1. The fraction of sp³-hybridized carbons (Fsp3) is 0.0769. The van der Waals surface area contributed by atoms with Gasteiger partial charge < -0.3 is 19.6 Å². The molecule has 0 unspecified atom stereocenters. The molecule has 2 aromatic heterocycles. The highest BCUT2D eigenvalue weighted by molar-refractivity contribution is 8.00. The van der Waals surface area contributed by atoms with Gasteiger partial charge in [-0.15, -0.1) is 11.8 Å². The van der Waals surface area contributed by atoms with Gasteiger partial charge in [0.2, 0.25) is 5.91 Å². The number of carbonyl (C=O) groups is 2. The molecule has 3 heterocycles. The van der Waals surface area contributed by atoms with Crippen molar-refractivity contribution in [2.24, 2.45) is 0 Å². The predicted octanol–water partition coefficient (Wildman–Crippen LogP) is 5.81. The number of amides is 2. The molecule has 2 N–H and O–H groups in total. The Balaban J connectivity index is 1.31. The second-order valence-electron chi connectivity index (χ2n) is 7.95. The second kappa shape index (κ2) is 7.86. The zero-order chi connectivity index (χ0) is 22.4. The van der Waals surface area contributed by atoms with Crippen LogP contribution in [0, 0.1) is 0 Å². The molecule has 0 aliphatic carbocycles. The van der Waals surface area contributed by atoms with E-state index in [9.17, 15) is 9.59 Å². The van der Waals surface area contributed by atoms with E-state index in [0.29, 0.717) is 17.9 Å². The molecule has 6 rings (SSSR count). The van der Waals surface area contributed by atoms with Crippen LogP contribution in [0.4, 0.5) is 11.4 Å². The van der Waals surface area contributed by atoms with Crippen LogP contribution < -0.4 is 10.2 Å². The fourth-order valence-corrected chi connectivity index (χ4v) is 5.10. The van der Waals surface area contributed by atoms with E-state index in [4.69, 9.17) is 4.42 Å². The zero-order valence-corrected chi connectivity index (χ0v) is 18.3. The molecule has 2 amide bonds. The summed E-state index contributed by atoms with van der Waals surface area (Å²) < 4.78 is 5.42. The highest BCUT2D eigenvalue weighted by atomic mass is 32.2. The topological polar surface area (TPSA) is 78.3 Å². The highest BCUT2D eigenvalue weighted by Crippen LogP contribution is 2.37. The number of rotatable bonds is 4. The maximum absolute atomic E-state index is 13.1. The van der Waals surface area contributed by atoms with Crippen molar-refractivity contribution in [3.8, 4) is 0 Å². The van der Waals surface area contributed by atoms with Crippen LogP contribution in [0.5, 0.6) is 0 Å². The average Bonchev–Trinajstić information content (AvgIpc) is 3.47. The van der Waals surface area contributed by atoms with Crippen LogP contribution in [0.2, 0.25) is 0 Å². The summed E-state index contributed by atoms with van der Waals surface area (Å²) in [6, 6.07) is 21.2. The lowest BCUT2D eigenvalue weighted by Gasteiger charge is -2.29. The molecule has 0 bridgehead atoms. The van der Waals surface area contributed by atoms with Gasteiger partial charge in [0.05, 0.1) is 29.9 Å². The minimum absolute atomic E-state index is 0.0222. The number of hydrogen-bond acceptors (Lipinski definition) is 4. The first kappa shape index (κ1) is 19.7. The summed E-state index contributed by atoms with van der Waals surface area (Å²) in [5.41, 5.74) is 4.77. The van der Waals surface area contributed by atoms with Crippen LogP contribution in [0.1, 0.15) is 15.9 Å². The number of para-hydroxylation sites is 1. The smallest absolute Gasteiger partial charge is 0.255 e. The Bertz CT molecular complexity index is 1530. The van der Waals surface area contributed by atoms with Crippen molar-refractivity contribution < 1.29 is 14.0 Å². The third-order valence-corrected chi connectivity index (χ3v) is 6.91. The number of benzene rings is 3.